The summed E-state index contributed by atoms with van der Waals surface area (Å²) < 4.78 is 0. The third-order valence-corrected chi connectivity index (χ3v) is 3.80. The van der Waals surface area contributed by atoms with Gasteiger partial charge in [-0.25, -0.2) is 4.90 Å². The molecule has 1 heterocycles. The van der Waals surface area contributed by atoms with Gasteiger partial charge in [-0.1, -0.05) is 25.8 Å². The molecule has 1 aromatic carbocycles. The maximum Gasteiger partial charge on any atom is 0.261 e. The zero-order chi connectivity index (χ0) is 16.1. The predicted molar refractivity (Wildman–Crippen MR) is 85.8 cm³/mol. The van der Waals surface area contributed by atoms with Gasteiger partial charge in [0.1, 0.15) is 0 Å². The number of ketones is 1. The summed E-state index contributed by atoms with van der Waals surface area (Å²) in [6, 6.07) is 6.57. The van der Waals surface area contributed by atoms with Gasteiger partial charge < -0.3 is 0 Å². The van der Waals surface area contributed by atoms with Crippen LogP contribution < -0.4 is 4.90 Å². The molecule has 0 saturated carbocycles. The summed E-state index contributed by atoms with van der Waals surface area (Å²) in [5, 5.41) is 0. The van der Waals surface area contributed by atoms with Gasteiger partial charge in [0.05, 0.1) is 12.1 Å². The van der Waals surface area contributed by atoms with Crippen LogP contribution in [0.2, 0.25) is 0 Å². The second-order valence-corrected chi connectivity index (χ2v) is 5.54. The van der Waals surface area contributed by atoms with Gasteiger partial charge in [0, 0.05) is 11.1 Å². The summed E-state index contributed by atoms with van der Waals surface area (Å²) in [6.07, 6.45) is 6.18. The number of imide groups is 1. The van der Waals surface area contributed by atoms with Crippen LogP contribution in [0.3, 0.4) is 0 Å². The van der Waals surface area contributed by atoms with Crippen molar-refractivity contribution in [2.75, 3.05) is 4.90 Å². The van der Waals surface area contributed by atoms with Crippen molar-refractivity contribution in [1.82, 2.24) is 0 Å². The van der Waals surface area contributed by atoms with Crippen molar-refractivity contribution < 1.29 is 14.4 Å². The first kappa shape index (κ1) is 16.1. The third-order valence-electron chi connectivity index (χ3n) is 3.80. The van der Waals surface area contributed by atoms with E-state index in [1.165, 1.54) is 11.8 Å². The Morgan fingerprint density at radius 2 is 1.86 bits per heavy atom. The molecule has 0 atom stereocenters. The van der Waals surface area contributed by atoms with Crippen molar-refractivity contribution in [2.45, 2.75) is 46.0 Å². The lowest BCUT2D eigenvalue weighted by Crippen LogP contribution is -2.28. The fourth-order valence-corrected chi connectivity index (χ4v) is 2.51. The maximum atomic E-state index is 12.4. The van der Waals surface area contributed by atoms with E-state index in [0.29, 0.717) is 16.8 Å². The lowest BCUT2D eigenvalue weighted by molar-refractivity contribution is -0.120. The number of hydrogen-bond acceptors (Lipinski definition) is 3. The molecule has 4 heteroatoms. The molecule has 1 fully saturated rings. The summed E-state index contributed by atoms with van der Waals surface area (Å²) in [7, 11) is 0. The number of allylic oxidation sites excluding steroid dienone is 1. The molecule has 0 unspecified atom stereocenters. The maximum absolute atomic E-state index is 12.4. The van der Waals surface area contributed by atoms with Gasteiger partial charge in [-0.05, 0) is 44.0 Å². The molecule has 2 amide bonds. The molecule has 0 aromatic heterocycles. The number of nitrogens with zero attached hydrogens (tertiary/aromatic N) is 1. The Kier molecular flexibility index (Phi) is 5.26. The van der Waals surface area contributed by atoms with Crippen molar-refractivity contribution in [3.63, 3.8) is 0 Å². The van der Waals surface area contributed by atoms with Gasteiger partial charge in [0.15, 0.2) is 5.78 Å². The van der Waals surface area contributed by atoms with Crippen molar-refractivity contribution >= 4 is 23.3 Å². The Labute approximate surface area is 130 Å². The zero-order valence-corrected chi connectivity index (χ0v) is 13.1. The predicted octanol–water partition coefficient (Wildman–Crippen LogP) is 3.66. The molecule has 1 aliphatic heterocycles. The highest BCUT2D eigenvalue weighted by atomic mass is 16.2. The van der Waals surface area contributed by atoms with Gasteiger partial charge >= 0.3 is 0 Å². The highest BCUT2D eigenvalue weighted by Gasteiger charge is 2.34. The number of hydrogen-bond donors (Lipinski definition) is 0. The minimum atomic E-state index is -0.239. The molecule has 2 rings (SSSR count). The molecule has 0 bridgehead atoms. The van der Waals surface area contributed by atoms with E-state index in [0.717, 1.165) is 25.7 Å². The van der Waals surface area contributed by atoms with Crippen LogP contribution in [0.1, 0.15) is 56.3 Å². The highest BCUT2D eigenvalue weighted by Crippen LogP contribution is 2.26. The smallest absolute Gasteiger partial charge is 0.261 e. The van der Waals surface area contributed by atoms with Crippen LogP contribution >= 0.6 is 0 Å². The Hall–Kier alpha value is -2.23. The zero-order valence-electron chi connectivity index (χ0n) is 13.1. The van der Waals surface area contributed by atoms with Crippen molar-refractivity contribution in [3.05, 3.63) is 41.5 Å². The quantitative estimate of drug-likeness (QED) is 0.348. The van der Waals surface area contributed by atoms with E-state index in [4.69, 9.17) is 0 Å². The van der Waals surface area contributed by atoms with Crippen LogP contribution in [0.4, 0.5) is 5.69 Å². The largest absolute Gasteiger partial charge is 0.295 e. The normalized spacial score (nSPS) is 16.6. The van der Waals surface area contributed by atoms with E-state index in [1.54, 1.807) is 24.3 Å². The molecule has 0 N–H and O–H groups in total. The topological polar surface area (TPSA) is 54.5 Å². The number of amides is 2. The van der Waals surface area contributed by atoms with E-state index in [1.807, 2.05) is 6.08 Å². The monoisotopic (exact) mass is 299 g/mol. The lowest BCUT2D eigenvalue weighted by atomic mass is 10.1. The molecule has 0 aliphatic carbocycles. The summed E-state index contributed by atoms with van der Waals surface area (Å²) in [5.41, 5.74) is 1.67. The van der Waals surface area contributed by atoms with Crippen molar-refractivity contribution in [2.24, 2.45) is 0 Å². The van der Waals surface area contributed by atoms with E-state index in [2.05, 4.69) is 6.92 Å². The van der Waals surface area contributed by atoms with E-state index < -0.39 is 0 Å². The van der Waals surface area contributed by atoms with Crippen LogP contribution in [0.25, 0.3) is 0 Å². The molecule has 22 heavy (non-hydrogen) atoms. The molecule has 116 valence electrons. The van der Waals surface area contributed by atoms with Crippen LogP contribution in [-0.2, 0) is 9.59 Å². The van der Waals surface area contributed by atoms with Gasteiger partial charge in [0.2, 0.25) is 5.91 Å². The van der Waals surface area contributed by atoms with E-state index in [9.17, 15) is 14.4 Å². The first-order valence-electron chi connectivity index (χ1n) is 7.72. The number of carbonyl (C=O) groups excluding carboxylic acids is 3. The highest BCUT2D eigenvalue weighted by molar-refractivity contribution is 6.28. The number of rotatable bonds is 6. The average Bonchev–Trinajstić information content (AvgIpc) is 2.78. The van der Waals surface area contributed by atoms with E-state index in [-0.39, 0.29) is 24.0 Å². The fourth-order valence-electron chi connectivity index (χ4n) is 2.51. The Balaban J connectivity index is 2.13. The van der Waals surface area contributed by atoms with Gasteiger partial charge in [-0.15, -0.1) is 0 Å². The second-order valence-electron chi connectivity index (χ2n) is 5.54. The molecule has 1 aromatic rings. The van der Waals surface area contributed by atoms with Gasteiger partial charge in [-0.2, -0.15) is 0 Å². The standard InChI is InChI=1S/C18H21NO3/c1-3-4-5-6-7-15-12-17(21)19(18(15)22)16-10-8-14(9-11-16)13(2)20/h7-11H,3-6,12H2,1-2H3. The van der Waals surface area contributed by atoms with Crippen LogP contribution in [0, 0.1) is 0 Å². The minimum Gasteiger partial charge on any atom is -0.295 e. The average molecular weight is 299 g/mol. The molecular formula is C18H21NO3. The SMILES string of the molecule is CCCCCC=C1CC(=O)N(c2ccc(C(C)=O)cc2)C1=O. The Morgan fingerprint density at radius 3 is 2.45 bits per heavy atom. The summed E-state index contributed by atoms with van der Waals surface area (Å²) in [4.78, 5) is 36.9. The van der Waals surface area contributed by atoms with Crippen LogP contribution in [0.15, 0.2) is 35.9 Å². The fraction of sp³-hybridized carbons (Fsp3) is 0.389. The molecule has 0 spiro atoms. The summed E-state index contributed by atoms with van der Waals surface area (Å²) >= 11 is 0. The number of unbranched alkanes of at least 4 members (excludes halogenated alkanes) is 3. The molecule has 1 saturated heterocycles. The van der Waals surface area contributed by atoms with Crippen molar-refractivity contribution in [1.29, 1.82) is 0 Å². The Morgan fingerprint density at radius 1 is 1.18 bits per heavy atom. The van der Waals surface area contributed by atoms with Gasteiger partial charge in [-0.3, -0.25) is 14.4 Å². The molecular weight excluding hydrogens is 278 g/mol. The van der Waals surface area contributed by atoms with E-state index >= 15 is 0 Å². The number of carbonyl (C=O) groups is 3. The molecule has 4 nitrogen and oxygen atoms in total. The number of benzene rings is 1. The Bertz CT molecular complexity index is 614. The number of Topliss-reactive ketones (excluding diaryl/α,β-unsaturated/α-hetero) is 1. The molecule has 0 radical (unpaired) electrons. The first-order chi connectivity index (χ1) is 10.5. The van der Waals surface area contributed by atoms with Gasteiger partial charge in [0.25, 0.3) is 5.91 Å². The van der Waals surface area contributed by atoms with Crippen LogP contribution in [0.5, 0.6) is 0 Å². The molecule has 1 aliphatic rings. The summed E-state index contributed by atoms with van der Waals surface area (Å²) in [6.45, 7) is 3.61. The first-order valence-corrected chi connectivity index (χ1v) is 7.72. The minimum absolute atomic E-state index is 0.0397. The summed E-state index contributed by atoms with van der Waals surface area (Å²) in [5.74, 6) is -0.485. The second kappa shape index (κ2) is 7.16. The van der Waals surface area contributed by atoms with Crippen LogP contribution in [-0.4, -0.2) is 17.6 Å². The van der Waals surface area contributed by atoms with Crippen molar-refractivity contribution in [3.8, 4) is 0 Å². The number of anilines is 1. The lowest BCUT2D eigenvalue weighted by Gasteiger charge is -2.13. The third kappa shape index (κ3) is 3.50.